The van der Waals surface area contributed by atoms with Crippen molar-refractivity contribution in [2.24, 2.45) is 0 Å². The van der Waals surface area contributed by atoms with Gasteiger partial charge in [-0.2, -0.15) is 0 Å². The summed E-state index contributed by atoms with van der Waals surface area (Å²) in [6.07, 6.45) is 0. The van der Waals surface area contributed by atoms with Crippen molar-refractivity contribution in [3.63, 3.8) is 0 Å². The number of ether oxygens (including phenoxy) is 3. The first kappa shape index (κ1) is 23.4. The molecule has 2 aliphatic rings. The summed E-state index contributed by atoms with van der Waals surface area (Å²) in [7, 11) is 2.92. The molecule has 1 N–H and O–H groups in total. The van der Waals surface area contributed by atoms with Crippen molar-refractivity contribution in [1.82, 2.24) is 5.32 Å². The summed E-state index contributed by atoms with van der Waals surface area (Å²) >= 11 is 0. The summed E-state index contributed by atoms with van der Waals surface area (Å²) in [5, 5.41) is 3.29. The number of hydrogen-bond donors (Lipinski definition) is 1. The standard InChI is InChI=1S/C30H27NO5/c1-17-9-11-19(12-10-17)16-36-23-14-13-20(15-24(23)34-3)26-25(30(33)35-4)18(2)31-28-21-7-5-6-8-22(21)29(32)27(26)28/h5-15,26,31H,16H2,1-4H3/t26-/m0/s1. The van der Waals surface area contributed by atoms with E-state index in [-0.39, 0.29) is 5.78 Å². The van der Waals surface area contributed by atoms with Crippen molar-refractivity contribution in [2.45, 2.75) is 26.4 Å². The molecule has 1 aliphatic heterocycles. The highest BCUT2D eigenvalue weighted by atomic mass is 16.5. The van der Waals surface area contributed by atoms with E-state index >= 15 is 0 Å². The highest BCUT2D eigenvalue weighted by Gasteiger charge is 2.43. The first-order chi connectivity index (χ1) is 17.4. The third kappa shape index (κ3) is 3.94. The molecule has 36 heavy (non-hydrogen) atoms. The minimum Gasteiger partial charge on any atom is -0.493 e. The first-order valence-corrected chi connectivity index (χ1v) is 11.7. The molecule has 182 valence electrons. The third-order valence-electron chi connectivity index (χ3n) is 6.69. The summed E-state index contributed by atoms with van der Waals surface area (Å²) in [5.41, 5.74) is 6.71. The van der Waals surface area contributed by atoms with Gasteiger partial charge in [0.1, 0.15) is 6.61 Å². The van der Waals surface area contributed by atoms with Crippen molar-refractivity contribution in [3.8, 4) is 11.5 Å². The molecule has 3 aromatic carbocycles. The molecule has 0 unspecified atom stereocenters. The number of benzene rings is 3. The van der Waals surface area contributed by atoms with Crippen LogP contribution in [0.1, 0.15) is 45.5 Å². The van der Waals surface area contributed by atoms with Crippen LogP contribution in [0.25, 0.3) is 5.70 Å². The van der Waals surface area contributed by atoms with Crippen LogP contribution in [-0.4, -0.2) is 26.0 Å². The van der Waals surface area contributed by atoms with Gasteiger partial charge >= 0.3 is 5.97 Å². The normalized spacial score (nSPS) is 16.3. The second kappa shape index (κ2) is 9.38. The van der Waals surface area contributed by atoms with E-state index in [0.717, 1.165) is 22.4 Å². The molecule has 0 aromatic heterocycles. The molecule has 5 rings (SSSR count). The lowest BCUT2D eigenvalue weighted by molar-refractivity contribution is -0.136. The Hall–Kier alpha value is -4.32. The van der Waals surface area contributed by atoms with E-state index in [9.17, 15) is 9.59 Å². The highest BCUT2D eigenvalue weighted by molar-refractivity contribution is 6.23. The Morgan fingerprint density at radius 3 is 2.33 bits per heavy atom. The fraction of sp³-hybridized carbons (Fsp3) is 0.200. The summed E-state index contributed by atoms with van der Waals surface area (Å²) in [4.78, 5) is 26.5. The largest absolute Gasteiger partial charge is 0.493 e. The smallest absolute Gasteiger partial charge is 0.336 e. The SMILES string of the molecule is COC(=O)C1=C(C)NC2=C(C(=O)c3ccccc32)[C@H]1c1ccc(OCc2ccc(C)cc2)c(OC)c1. The van der Waals surface area contributed by atoms with Gasteiger partial charge in [-0.3, -0.25) is 4.79 Å². The van der Waals surface area contributed by atoms with Gasteiger partial charge < -0.3 is 19.5 Å². The van der Waals surface area contributed by atoms with E-state index in [2.05, 4.69) is 5.32 Å². The zero-order chi connectivity index (χ0) is 25.4. The summed E-state index contributed by atoms with van der Waals surface area (Å²) < 4.78 is 16.8. The van der Waals surface area contributed by atoms with E-state index in [4.69, 9.17) is 14.2 Å². The van der Waals surface area contributed by atoms with Gasteiger partial charge in [0, 0.05) is 28.3 Å². The summed E-state index contributed by atoms with van der Waals surface area (Å²) in [6.45, 7) is 4.25. The second-order valence-corrected chi connectivity index (χ2v) is 8.94. The molecule has 0 radical (unpaired) electrons. The second-order valence-electron chi connectivity index (χ2n) is 8.94. The molecule has 6 nitrogen and oxygen atoms in total. The van der Waals surface area contributed by atoms with Gasteiger partial charge in [-0.15, -0.1) is 0 Å². The third-order valence-corrected chi connectivity index (χ3v) is 6.69. The topological polar surface area (TPSA) is 73.9 Å². The van der Waals surface area contributed by atoms with Crippen molar-refractivity contribution in [2.75, 3.05) is 14.2 Å². The van der Waals surface area contributed by atoms with Crippen LogP contribution in [0.2, 0.25) is 0 Å². The average Bonchev–Trinajstić information content (AvgIpc) is 3.18. The highest BCUT2D eigenvalue weighted by Crippen LogP contribution is 2.47. The van der Waals surface area contributed by atoms with E-state index in [1.54, 1.807) is 7.11 Å². The lowest BCUT2D eigenvalue weighted by atomic mass is 9.79. The number of ketones is 1. The maximum absolute atomic E-state index is 13.6. The molecular weight excluding hydrogens is 454 g/mol. The van der Waals surface area contributed by atoms with E-state index in [1.807, 2.05) is 80.6 Å². The van der Waals surface area contributed by atoms with Gasteiger partial charge in [-0.05, 0) is 37.1 Å². The zero-order valence-electron chi connectivity index (χ0n) is 20.7. The number of Topliss-reactive ketones (excluding diaryl/α,β-unsaturated/α-hetero) is 1. The number of carbonyl (C=O) groups excluding carboxylic acids is 2. The van der Waals surface area contributed by atoms with Crippen LogP contribution in [0, 0.1) is 6.92 Å². The van der Waals surface area contributed by atoms with Crippen LogP contribution in [0.15, 0.2) is 83.6 Å². The Morgan fingerprint density at radius 2 is 1.64 bits per heavy atom. The number of nitrogens with one attached hydrogen (secondary N) is 1. The van der Waals surface area contributed by atoms with Gasteiger partial charge in [0.15, 0.2) is 17.3 Å². The maximum atomic E-state index is 13.6. The number of esters is 1. The van der Waals surface area contributed by atoms with Gasteiger partial charge in [-0.1, -0.05) is 60.2 Å². The summed E-state index contributed by atoms with van der Waals surface area (Å²) in [6, 6.07) is 21.1. The number of fused-ring (bicyclic) bond motifs is 2. The fourth-order valence-corrected chi connectivity index (χ4v) is 4.87. The predicted octanol–water partition coefficient (Wildman–Crippen LogP) is 5.32. The molecule has 0 fully saturated rings. The van der Waals surface area contributed by atoms with Crippen LogP contribution < -0.4 is 14.8 Å². The molecule has 1 aliphatic carbocycles. The first-order valence-electron chi connectivity index (χ1n) is 11.7. The fourth-order valence-electron chi connectivity index (χ4n) is 4.87. The molecule has 0 saturated carbocycles. The minimum atomic E-state index is -0.617. The monoisotopic (exact) mass is 481 g/mol. The number of carbonyl (C=O) groups is 2. The van der Waals surface area contributed by atoms with Crippen LogP contribution >= 0.6 is 0 Å². The molecule has 0 spiro atoms. The molecule has 1 atom stereocenters. The number of rotatable bonds is 6. The van der Waals surface area contributed by atoms with E-state index in [0.29, 0.717) is 40.5 Å². The van der Waals surface area contributed by atoms with Gasteiger partial charge in [0.05, 0.1) is 25.5 Å². The zero-order valence-corrected chi connectivity index (χ0v) is 20.7. The Morgan fingerprint density at radius 1 is 0.917 bits per heavy atom. The van der Waals surface area contributed by atoms with Crippen molar-refractivity contribution in [1.29, 1.82) is 0 Å². The quantitative estimate of drug-likeness (QED) is 0.480. The molecule has 0 amide bonds. The minimum absolute atomic E-state index is 0.106. The summed E-state index contributed by atoms with van der Waals surface area (Å²) in [5.74, 6) is -0.116. The molecule has 6 heteroatoms. The maximum Gasteiger partial charge on any atom is 0.336 e. The Kier molecular flexibility index (Phi) is 6.10. The van der Waals surface area contributed by atoms with Gasteiger partial charge in [0.25, 0.3) is 0 Å². The molecular formula is C30H27NO5. The Labute approximate surface area is 210 Å². The number of allylic oxidation sites excluding steroid dienone is 2. The average molecular weight is 482 g/mol. The van der Waals surface area contributed by atoms with Crippen molar-refractivity contribution >= 4 is 17.4 Å². The van der Waals surface area contributed by atoms with Gasteiger partial charge in [-0.25, -0.2) is 4.79 Å². The lowest BCUT2D eigenvalue weighted by Gasteiger charge is -2.29. The number of methoxy groups -OCH3 is 2. The van der Waals surface area contributed by atoms with Crippen molar-refractivity contribution in [3.05, 3.63) is 111 Å². The number of hydrogen-bond acceptors (Lipinski definition) is 6. The van der Waals surface area contributed by atoms with Crippen LogP contribution in [0.3, 0.4) is 0 Å². The number of aryl methyl sites for hydroxylation is 1. The van der Waals surface area contributed by atoms with Crippen molar-refractivity contribution < 1.29 is 23.8 Å². The Bertz CT molecular complexity index is 1430. The predicted molar refractivity (Wildman–Crippen MR) is 137 cm³/mol. The molecule has 0 saturated heterocycles. The molecule has 3 aromatic rings. The van der Waals surface area contributed by atoms with Crippen LogP contribution in [-0.2, 0) is 16.1 Å². The molecule has 0 bridgehead atoms. The lowest BCUT2D eigenvalue weighted by Crippen LogP contribution is -2.29. The molecule has 1 heterocycles. The Balaban J connectivity index is 1.56. The van der Waals surface area contributed by atoms with Crippen LogP contribution in [0.5, 0.6) is 11.5 Å². The van der Waals surface area contributed by atoms with Gasteiger partial charge in [0.2, 0.25) is 0 Å². The van der Waals surface area contributed by atoms with E-state index < -0.39 is 11.9 Å². The number of dihydropyridines is 1. The van der Waals surface area contributed by atoms with E-state index in [1.165, 1.54) is 12.7 Å². The van der Waals surface area contributed by atoms with Crippen LogP contribution in [0.4, 0.5) is 0 Å².